The number of nitrogens with one attached hydrogen (secondary N) is 2. The third-order valence-corrected chi connectivity index (χ3v) is 3.78. The molecule has 0 saturated carbocycles. The van der Waals surface area contributed by atoms with Crippen LogP contribution in [0.1, 0.15) is 5.82 Å². The van der Waals surface area contributed by atoms with E-state index >= 15 is 0 Å². The number of rotatable bonds is 4. The molecule has 0 aliphatic rings. The molecule has 17 heavy (non-hydrogen) atoms. The van der Waals surface area contributed by atoms with Crippen molar-refractivity contribution in [2.45, 2.75) is 11.4 Å². The van der Waals surface area contributed by atoms with Crippen LogP contribution in [0.2, 0.25) is 0 Å². The highest BCUT2D eigenvalue weighted by molar-refractivity contribution is 9.10. The first kappa shape index (κ1) is 12.2. The van der Waals surface area contributed by atoms with E-state index < -0.39 is 10.0 Å². The molecule has 6 nitrogen and oxygen atoms in total. The van der Waals surface area contributed by atoms with Gasteiger partial charge in [0, 0.05) is 29.3 Å². The summed E-state index contributed by atoms with van der Waals surface area (Å²) in [6, 6.07) is 1.48. The number of hydrogen-bond donors (Lipinski definition) is 2. The third kappa shape index (κ3) is 3.11. The first-order chi connectivity index (χ1) is 8.08. The van der Waals surface area contributed by atoms with E-state index in [9.17, 15) is 8.42 Å². The van der Waals surface area contributed by atoms with Crippen molar-refractivity contribution in [2.75, 3.05) is 0 Å². The van der Waals surface area contributed by atoms with Crippen molar-refractivity contribution in [3.8, 4) is 0 Å². The summed E-state index contributed by atoms with van der Waals surface area (Å²) in [5.74, 6) is 0.552. The van der Waals surface area contributed by atoms with E-state index in [1.165, 1.54) is 18.5 Å². The molecule has 2 aromatic heterocycles. The van der Waals surface area contributed by atoms with Crippen LogP contribution < -0.4 is 4.72 Å². The Morgan fingerprint density at radius 1 is 1.41 bits per heavy atom. The minimum Gasteiger partial charge on any atom is -0.347 e. The van der Waals surface area contributed by atoms with Crippen LogP contribution in [0, 0.1) is 0 Å². The molecule has 0 spiro atoms. The van der Waals surface area contributed by atoms with Crippen molar-refractivity contribution < 1.29 is 8.42 Å². The van der Waals surface area contributed by atoms with Gasteiger partial charge in [-0.3, -0.25) is 4.98 Å². The lowest BCUT2D eigenvalue weighted by atomic mass is 10.5. The van der Waals surface area contributed by atoms with Crippen molar-refractivity contribution in [1.82, 2.24) is 19.7 Å². The highest BCUT2D eigenvalue weighted by atomic mass is 79.9. The number of hydrogen-bond acceptors (Lipinski definition) is 4. The number of pyridine rings is 1. The van der Waals surface area contributed by atoms with E-state index in [2.05, 4.69) is 35.6 Å². The molecule has 2 heterocycles. The summed E-state index contributed by atoms with van der Waals surface area (Å²) in [5.41, 5.74) is 0. The first-order valence-electron chi connectivity index (χ1n) is 4.66. The Bertz CT molecular complexity index is 597. The summed E-state index contributed by atoms with van der Waals surface area (Å²) < 4.78 is 26.8. The highest BCUT2D eigenvalue weighted by Gasteiger charge is 2.14. The molecule has 8 heteroatoms. The molecule has 0 saturated heterocycles. The largest absolute Gasteiger partial charge is 0.347 e. The normalized spacial score (nSPS) is 11.6. The van der Waals surface area contributed by atoms with Crippen molar-refractivity contribution in [2.24, 2.45) is 0 Å². The van der Waals surface area contributed by atoms with Crippen LogP contribution in [0.4, 0.5) is 0 Å². The monoisotopic (exact) mass is 316 g/mol. The van der Waals surface area contributed by atoms with Crippen LogP contribution in [-0.4, -0.2) is 23.4 Å². The Kier molecular flexibility index (Phi) is 3.55. The maximum atomic E-state index is 11.9. The van der Waals surface area contributed by atoms with Gasteiger partial charge in [0.05, 0.1) is 6.54 Å². The third-order valence-electron chi connectivity index (χ3n) is 1.97. The van der Waals surface area contributed by atoms with E-state index in [4.69, 9.17) is 0 Å². The lowest BCUT2D eigenvalue weighted by molar-refractivity contribution is 0.579. The highest BCUT2D eigenvalue weighted by Crippen LogP contribution is 2.14. The van der Waals surface area contributed by atoms with Crippen LogP contribution >= 0.6 is 15.9 Å². The molecule has 0 aromatic carbocycles. The smallest absolute Gasteiger partial charge is 0.242 e. The Morgan fingerprint density at radius 3 is 2.88 bits per heavy atom. The van der Waals surface area contributed by atoms with Gasteiger partial charge >= 0.3 is 0 Å². The zero-order valence-corrected chi connectivity index (χ0v) is 11.0. The van der Waals surface area contributed by atoms with Gasteiger partial charge in [-0.1, -0.05) is 0 Å². The Hall–Kier alpha value is -1.25. The van der Waals surface area contributed by atoms with E-state index in [1.807, 2.05) is 0 Å². The number of imidazole rings is 1. The molecule has 0 unspecified atom stereocenters. The number of nitrogens with zero attached hydrogens (tertiary/aromatic N) is 2. The second kappa shape index (κ2) is 4.94. The molecule has 0 fully saturated rings. The molecule has 2 rings (SSSR count). The first-order valence-corrected chi connectivity index (χ1v) is 6.94. The zero-order chi connectivity index (χ0) is 12.3. The van der Waals surface area contributed by atoms with Gasteiger partial charge in [0.2, 0.25) is 10.0 Å². The van der Waals surface area contributed by atoms with Gasteiger partial charge in [0.15, 0.2) is 0 Å². The van der Waals surface area contributed by atoms with E-state index in [0.717, 1.165) is 0 Å². The van der Waals surface area contributed by atoms with Gasteiger partial charge in [-0.25, -0.2) is 18.1 Å². The molecular weight excluding hydrogens is 308 g/mol. The summed E-state index contributed by atoms with van der Waals surface area (Å²) in [7, 11) is -3.56. The summed E-state index contributed by atoms with van der Waals surface area (Å²) in [6.45, 7) is 0.113. The van der Waals surface area contributed by atoms with Gasteiger partial charge in [0.1, 0.15) is 10.7 Å². The zero-order valence-electron chi connectivity index (χ0n) is 8.59. The Labute approximate surface area is 107 Å². The van der Waals surface area contributed by atoms with Gasteiger partial charge in [-0.15, -0.1) is 0 Å². The number of sulfonamides is 1. The predicted octanol–water partition coefficient (Wildman–Crippen LogP) is 1.05. The number of aromatic nitrogens is 3. The summed E-state index contributed by atoms with van der Waals surface area (Å²) in [4.78, 5) is 10.6. The molecule has 2 aromatic rings. The van der Waals surface area contributed by atoms with Crippen LogP contribution in [0.25, 0.3) is 0 Å². The molecule has 0 radical (unpaired) electrons. The summed E-state index contributed by atoms with van der Waals surface area (Å²) >= 11 is 3.17. The van der Waals surface area contributed by atoms with Gasteiger partial charge in [-0.2, -0.15) is 0 Å². The molecule has 2 N–H and O–H groups in total. The minimum atomic E-state index is -3.56. The quantitative estimate of drug-likeness (QED) is 0.882. The summed E-state index contributed by atoms with van der Waals surface area (Å²) in [5, 5.41) is 0. The van der Waals surface area contributed by atoms with Gasteiger partial charge < -0.3 is 4.98 Å². The molecule has 0 bridgehead atoms. The van der Waals surface area contributed by atoms with Gasteiger partial charge in [-0.05, 0) is 22.0 Å². The van der Waals surface area contributed by atoms with Crippen LogP contribution in [0.15, 0.2) is 40.2 Å². The lowest BCUT2D eigenvalue weighted by Crippen LogP contribution is -2.23. The molecule has 0 amide bonds. The van der Waals surface area contributed by atoms with Crippen LogP contribution in [0.3, 0.4) is 0 Å². The fourth-order valence-electron chi connectivity index (χ4n) is 1.18. The lowest BCUT2D eigenvalue weighted by Gasteiger charge is -2.04. The topological polar surface area (TPSA) is 87.7 Å². The number of H-pyrrole nitrogens is 1. The van der Waals surface area contributed by atoms with Crippen LogP contribution in [-0.2, 0) is 16.6 Å². The van der Waals surface area contributed by atoms with E-state index in [0.29, 0.717) is 10.3 Å². The Morgan fingerprint density at radius 2 is 2.24 bits per heavy atom. The predicted molar refractivity (Wildman–Crippen MR) is 64.6 cm³/mol. The maximum Gasteiger partial charge on any atom is 0.242 e. The molecule has 90 valence electrons. The van der Waals surface area contributed by atoms with Crippen molar-refractivity contribution in [3.05, 3.63) is 41.2 Å². The number of halogens is 1. The van der Waals surface area contributed by atoms with E-state index in [1.54, 1.807) is 12.4 Å². The van der Waals surface area contributed by atoms with Crippen molar-refractivity contribution in [3.63, 3.8) is 0 Å². The average molecular weight is 317 g/mol. The van der Waals surface area contributed by atoms with Crippen molar-refractivity contribution >= 4 is 26.0 Å². The fraction of sp³-hybridized carbons (Fsp3) is 0.111. The average Bonchev–Trinajstić information content (AvgIpc) is 2.79. The molecule has 0 aliphatic carbocycles. The minimum absolute atomic E-state index is 0.110. The van der Waals surface area contributed by atoms with E-state index in [-0.39, 0.29) is 11.4 Å². The Balaban J connectivity index is 2.14. The fourth-order valence-corrected chi connectivity index (χ4v) is 2.67. The standard InChI is InChI=1S/C9H9BrN4O2S/c10-7-3-8(5-11-4-7)17(15,16)14-6-9-12-1-2-13-9/h1-5,14H,6H2,(H,12,13). The molecule has 0 aliphatic heterocycles. The van der Waals surface area contributed by atoms with Crippen LogP contribution in [0.5, 0.6) is 0 Å². The van der Waals surface area contributed by atoms with Crippen molar-refractivity contribution in [1.29, 1.82) is 0 Å². The summed E-state index contributed by atoms with van der Waals surface area (Å²) in [6.07, 6.45) is 6.00. The second-order valence-corrected chi connectivity index (χ2v) is 5.88. The maximum absolute atomic E-state index is 11.9. The second-order valence-electron chi connectivity index (χ2n) is 3.20. The molecule has 0 atom stereocenters. The van der Waals surface area contributed by atoms with Gasteiger partial charge in [0.25, 0.3) is 0 Å². The number of aromatic amines is 1. The molecular formula is C9H9BrN4O2S. The SMILES string of the molecule is O=S(=O)(NCc1ncc[nH]1)c1cncc(Br)c1.